The van der Waals surface area contributed by atoms with Gasteiger partial charge in [-0.25, -0.2) is 0 Å². The summed E-state index contributed by atoms with van der Waals surface area (Å²) in [7, 11) is 1.69. The number of hydrogen-bond donors (Lipinski definition) is 2. The molecule has 0 amide bonds. The van der Waals surface area contributed by atoms with Crippen LogP contribution in [0.5, 0.6) is 11.5 Å². The van der Waals surface area contributed by atoms with E-state index in [4.69, 9.17) is 20.9 Å². The van der Waals surface area contributed by atoms with Gasteiger partial charge in [-0.1, -0.05) is 18.2 Å². The molecule has 4 N–H and O–H groups in total. The summed E-state index contributed by atoms with van der Waals surface area (Å²) in [4.78, 5) is 0. The molecule has 146 valence electrons. The molecular formula is C22H29BrN2O2. The van der Waals surface area contributed by atoms with Crippen LogP contribution in [-0.4, -0.2) is 25.8 Å². The maximum absolute atomic E-state index is 6.33. The van der Waals surface area contributed by atoms with Crippen LogP contribution >= 0.6 is 15.9 Å². The molecule has 2 atom stereocenters. The normalized spacial score (nSPS) is 22.0. The van der Waals surface area contributed by atoms with Gasteiger partial charge in [0.05, 0.1) is 18.2 Å². The van der Waals surface area contributed by atoms with Gasteiger partial charge >= 0.3 is 0 Å². The molecule has 4 nitrogen and oxygen atoms in total. The second kappa shape index (κ2) is 9.09. The zero-order valence-corrected chi connectivity index (χ0v) is 17.5. The summed E-state index contributed by atoms with van der Waals surface area (Å²) >= 11 is 3.66. The second-order valence-electron chi connectivity index (χ2n) is 7.50. The third kappa shape index (κ3) is 5.24. The van der Waals surface area contributed by atoms with Crippen molar-refractivity contribution in [1.82, 2.24) is 0 Å². The highest BCUT2D eigenvalue weighted by Crippen LogP contribution is 2.41. The second-order valence-corrected chi connectivity index (χ2v) is 8.35. The fourth-order valence-corrected chi connectivity index (χ4v) is 4.31. The highest BCUT2D eigenvalue weighted by Gasteiger charge is 2.35. The lowest BCUT2D eigenvalue weighted by Crippen LogP contribution is -2.44. The van der Waals surface area contributed by atoms with Crippen molar-refractivity contribution in [3.05, 3.63) is 58.1 Å². The van der Waals surface area contributed by atoms with Crippen molar-refractivity contribution >= 4 is 15.9 Å². The van der Waals surface area contributed by atoms with Crippen LogP contribution in [-0.2, 0) is 6.42 Å². The lowest BCUT2D eigenvalue weighted by atomic mass is 9.93. The van der Waals surface area contributed by atoms with Gasteiger partial charge in [0.2, 0.25) is 0 Å². The number of hydrogen-bond acceptors (Lipinski definition) is 4. The number of aryl methyl sites for hydroxylation is 1. The van der Waals surface area contributed by atoms with E-state index in [1.165, 1.54) is 11.1 Å². The first-order valence-corrected chi connectivity index (χ1v) is 10.4. The molecular weight excluding hydrogens is 404 g/mol. The molecule has 1 unspecified atom stereocenters. The Balaban J connectivity index is 1.51. The number of methoxy groups -OCH3 is 1. The Bertz CT molecular complexity index is 768. The lowest BCUT2D eigenvalue weighted by Gasteiger charge is -2.22. The number of rotatable bonds is 8. The van der Waals surface area contributed by atoms with Crippen molar-refractivity contribution in [3.63, 3.8) is 0 Å². The summed E-state index contributed by atoms with van der Waals surface area (Å²) in [5.41, 5.74) is 14.5. The summed E-state index contributed by atoms with van der Waals surface area (Å²) in [6.07, 6.45) is 4.97. The highest BCUT2D eigenvalue weighted by atomic mass is 79.9. The predicted octanol–water partition coefficient (Wildman–Crippen LogP) is 4.39. The van der Waals surface area contributed by atoms with Gasteiger partial charge in [-0.3, -0.25) is 0 Å². The third-order valence-electron chi connectivity index (χ3n) is 5.48. The first-order valence-electron chi connectivity index (χ1n) is 9.57. The van der Waals surface area contributed by atoms with Gasteiger partial charge in [-0.15, -0.1) is 0 Å². The van der Waals surface area contributed by atoms with Gasteiger partial charge in [0.25, 0.3) is 0 Å². The van der Waals surface area contributed by atoms with Crippen molar-refractivity contribution in [3.8, 4) is 11.5 Å². The van der Waals surface area contributed by atoms with Crippen LogP contribution in [0, 0.1) is 0 Å². The molecule has 0 heterocycles. The van der Waals surface area contributed by atoms with Crippen molar-refractivity contribution in [1.29, 1.82) is 0 Å². The monoisotopic (exact) mass is 432 g/mol. The molecule has 27 heavy (non-hydrogen) atoms. The molecule has 1 fully saturated rings. The van der Waals surface area contributed by atoms with Gasteiger partial charge in [0.1, 0.15) is 11.5 Å². The fraction of sp³-hybridized carbons (Fsp3) is 0.455. The fourth-order valence-electron chi connectivity index (χ4n) is 3.80. The van der Waals surface area contributed by atoms with Gasteiger partial charge in [-0.05, 0) is 89.3 Å². The summed E-state index contributed by atoms with van der Waals surface area (Å²) < 4.78 is 12.2. The maximum Gasteiger partial charge on any atom is 0.133 e. The zero-order chi connectivity index (χ0) is 19.3. The van der Waals surface area contributed by atoms with Crippen LogP contribution < -0.4 is 20.9 Å². The van der Waals surface area contributed by atoms with Crippen LogP contribution in [0.4, 0.5) is 0 Å². The maximum atomic E-state index is 6.33. The summed E-state index contributed by atoms with van der Waals surface area (Å²) in [5, 5.41) is 0. The standard InChI is InChI=1S/C22H29BrN2O2/c1-26-19-6-2-4-16(12-19)5-3-11-27-21-8-7-17(13-20(21)23)18-9-10-22(25,14-18)15-24/h2,4,6-8,12-13,18H,3,5,9-11,14-15,24-25H2,1H3/t18?,22-/m1/s1. The molecule has 0 aliphatic heterocycles. The molecule has 0 aromatic heterocycles. The Morgan fingerprint density at radius 3 is 2.78 bits per heavy atom. The Labute approximate surface area is 170 Å². The van der Waals surface area contributed by atoms with Crippen LogP contribution in [0.15, 0.2) is 46.9 Å². The molecule has 0 bridgehead atoms. The molecule has 3 rings (SSSR count). The number of benzene rings is 2. The van der Waals surface area contributed by atoms with E-state index in [9.17, 15) is 0 Å². The van der Waals surface area contributed by atoms with E-state index in [1.807, 2.05) is 12.1 Å². The van der Waals surface area contributed by atoms with E-state index in [2.05, 4.69) is 46.3 Å². The van der Waals surface area contributed by atoms with E-state index in [-0.39, 0.29) is 5.54 Å². The Morgan fingerprint density at radius 2 is 2.07 bits per heavy atom. The van der Waals surface area contributed by atoms with Crippen molar-refractivity contribution in [2.45, 2.75) is 43.6 Å². The smallest absolute Gasteiger partial charge is 0.133 e. The molecule has 0 radical (unpaired) electrons. The van der Waals surface area contributed by atoms with E-state index in [1.54, 1.807) is 7.11 Å². The number of ether oxygens (including phenoxy) is 2. The topological polar surface area (TPSA) is 70.5 Å². The molecule has 0 saturated heterocycles. The third-order valence-corrected chi connectivity index (χ3v) is 6.10. The molecule has 1 aliphatic rings. The molecule has 1 saturated carbocycles. The van der Waals surface area contributed by atoms with E-state index in [0.717, 1.165) is 48.1 Å². The molecule has 1 aliphatic carbocycles. The van der Waals surface area contributed by atoms with E-state index in [0.29, 0.717) is 19.1 Å². The van der Waals surface area contributed by atoms with Crippen LogP contribution in [0.2, 0.25) is 0 Å². The first-order chi connectivity index (χ1) is 13.0. The minimum Gasteiger partial charge on any atom is -0.497 e. The average Bonchev–Trinajstić information content (AvgIpc) is 3.09. The minimum absolute atomic E-state index is 0.202. The summed E-state index contributed by atoms with van der Waals surface area (Å²) in [6, 6.07) is 14.6. The first kappa shape index (κ1) is 20.2. The van der Waals surface area contributed by atoms with Crippen LogP contribution in [0.25, 0.3) is 0 Å². The Kier molecular flexibility index (Phi) is 6.79. The van der Waals surface area contributed by atoms with Gasteiger partial charge in [0.15, 0.2) is 0 Å². The average molecular weight is 433 g/mol. The van der Waals surface area contributed by atoms with Crippen molar-refractivity contribution in [2.75, 3.05) is 20.3 Å². The zero-order valence-electron chi connectivity index (χ0n) is 15.9. The van der Waals surface area contributed by atoms with Gasteiger partial charge in [-0.2, -0.15) is 0 Å². The lowest BCUT2D eigenvalue weighted by molar-refractivity contribution is 0.309. The molecule has 2 aromatic carbocycles. The van der Waals surface area contributed by atoms with Gasteiger partial charge < -0.3 is 20.9 Å². The van der Waals surface area contributed by atoms with Crippen LogP contribution in [0.1, 0.15) is 42.7 Å². The van der Waals surface area contributed by atoms with E-state index >= 15 is 0 Å². The summed E-state index contributed by atoms with van der Waals surface area (Å²) in [5.74, 6) is 2.27. The SMILES string of the molecule is COc1cccc(CCCOc2ccc(C3CC[C@](N)(CN)C3)cc2Br)c1. The van der Waals surface area contributed by atoms with Crippen molar-refractivity contribution in [2.24, 2.45) is 11.5 Å². The van der Waals surface area contributed by atoms with E-state index < -0.39 is 0 Å². The van der Waals surface area contributed by atoms with Crippen molar-refractivity contribution < 1.29 is 9.47 Å². The molecule has 0 spiro atoms. The molecule has 5 heteroatoms. The largest absolute Gasteiger partial charge is 0.497 e. The minimum atomic E-state index is -0.202. The Morgan fingerprint density at radius 1 is 1.22 bits per heavy atom. The summed E-state index contributed by atoms with van der Waals surface area (Å²) in [6.45, 7) is 1.23. The van der Waals surface area contributed by atoms with Gasteiger partial charge in [0, 0.05) is 12.1 Å². The number of halogens is 1. The molecule has 2 aromatic rings. The highest BCUT2D eigenvalue weighted by molar-refractivity contribution is 9.10. The predicted molar refractivity (Wildman–Crippen MR) is 114 cm³/mol. The Hall–Kier alpha value is -1.56. The van der Waals surface area contributed by atoms with Crippen LogP contribution in [0.3, 0.4) is 0 Å². The number of nitrogens with two attached hydrogens (primary N) is 2. The quantitative estimate of drug-likeness (QED) is 0.606.